The van der Waals surface area contributed by atoms with Gasteiger partial charge in [0.2, 0.25) is 11.8 Å². The minimum Gasteiger partial charge on any atom is -0.494 e. The molecule has 0 unspecified atom stereocenters. The summed E-state index contributed by atoms with van der Waals surface area (Å²) in [4.78, 5) is 18.9. The van der Waals surface area contributed by atoms with Crippen LogP contribution in [0.25, 0.3) is 21.7 Å². The van der Waals surface area contributed by atoms with Gasteiger partial charge >= 0.3 is 0 Å². The molecule has 41 heavy (non-hydrogen) atoms. The van der Waals surface area contributed by atoms with Gasteiger partial charge in [0.15, 0.2) is 5.75 Å². The first-order chi connectivity index (χ1) is 19.9. The molecule has 6 nitrogen and oxygen atoms in total. The molecule has 0 saturated heterocycles. The Hall–Kier alpha value is -5.17. The van der Waals surface area contributed by atoms with Gasteiger partial charge in [0.05, 0.1) is 17.6 Å². The normalized spacial score (nSPS) is 11.3. The third-order valence-electron chi connectivity index (χ3n) is 7.32. The quantitative estimate of drug-likeness (QED) is 0.230. The standard InChI is InChI=1S/C34H28FN3O3/c1-22(39)37(2)31-27-14-9-19-36-30(27)33(41-32(24-10-5-3-6-11-24)25-12-7-4-8-13-25)29-28(31)21-38(34(29)40)20-23-15-17-26(35)18-16-23/h3-19,21,32,40H,20H2,1-2H3. The molecule has 1 N–H and O–H groups in total. The molecule has 2 aromatic heterocycles. The van der Waals surface area contributed by atoms with Gasteiger partial charge in [0.25, 0.3) is 0 Å². The summed E-state index contributed by atoms with van der Waals surface area (Å²) in [6.07, 6.45) is 2.98. The van der Waals surface area contributed by atoms with Crippen LogP contribution in [0, 0.1) is 5.82 Å². The highest BCUT2D eigenvalue weighted by Crippen LogP contribution is 2.48. The Labute approximate surface area is 236 Å². The zero-order valence-electron chi connectivity index (χ0n) is 22.7. The van der Waals surface area contributed by atoms with E-state index in [1.165, 1.54) is 19.1 Å². The Morgan fingerprint density at radius 1 is 0.927 bits per heavy atom. The molecular weight excluding hydrogens is 517 g/mol. The van der Waals surface area contributed by atoms with Gasteiger partial charge in [-0.05, 0) is 41.0 Å². The van der Waals surface area contributed by atoms with Crippen molar-refractivity contribution < 1.29 is 19.0 Å². The van der Waals surface area contributed by atoms with Crippen LogP contribution in [0.2, 0.25) is 0 Å². The number of halogens is 1. The molecule has 0 spiro atoms. The number of amides is 1. The molecule has 0 aliphatic heterocycles. The monoisotopic (exact) mass is 545 g/mol. The predicted octanol–water partition coefficient (Wildman–Crippen LogP) is 7.23. The molecule has 7 heteroatoms. The minimum atomic E-state index is -0.498. The first-order valence-corrected chi connectivity index (χ1v) is 13.3. The van der Waals surface area contributed by atoms with E-state index in [-0.39, 0.29) is 24.1 Å². The third kappa shape index (κ3) is 4.87. The van der Waals surface area contributed by atoms with E-state index in [1.807, 2.05) is 79.0 Å². The highest BCUT2D eigenvalue weighted by molar-refractivity contribution is 6.19. The summed E-state index contributed by atoms with van der Waals surface area (Å²) in [5.74, 6) is -0.126. The number of aromatic nitrogens is 2. The average Bonchev–Trinajstić information content (AvgIpc) is 3.32. The summed E-state index contributed by atoms with van der Waals surface area (Å²) >= 11 is 0. The first-order valence-electron chi connectivity index (χ1n) is 13.3. The number of carbonyl (C=O) groups is 1. The molecule has 1 amide bonds. The van der Waals surface area contributed by atoms with Crippen molar-refractivity contribution in [3.63, 3.8) is 0 Å². The van der Waals surface area contributed by atoms with Crippen LogP contribution in [0.3, 0.4) is 0 Å². The average molecular weight is 546 g/mol. The zero-order chi connectivity index (χ0) is 28.5. The maximum absolute atomic E-state index is 13.6. The van der Waals surface area contributed by atoms with Crippen molar-refractivity contribution in [3.8, 4) is 11.6 Å². The van der Waals surface area contributed by atoms with E-state index in [0.717, 1.165) is 16.7 Å². The number of benzene rings is 4. The highest BCUT2D eigenvalue weighted by atomic mass is 19.1. The van der Waals surface area contributed by atoms with Crippen LogP contribution in [-0.2, 0) is 11.3 Å². The smallest absolute Gasteiger partial charge is 0.223 e. The number of carbonyl (C=O) groups excluding carboxylic acids is 1. The van der Waals surface area contributed by atoms with Gasteiger partial charge in [-0.2, -0.15) is 0 Å². The fourth-order valence-corrected chi connectivity index (χ4v) is 5.23. The fraction of sp³-hybridized carbons (Fsp3) is 0.118. The van der Waals surface area contributed by atoms with E-state index in [2.05, 4.69) is 0 Å². The van der Waals surface area contributed by atoms with Crippen LogP contribution in [0.15, 0.2) is 109 Å². The van der Waals surface area contributed by atoms with Crippen LogP contribution in [0.1, 0.15) is 29.7 Å². The number of hydrogen-bond acceptors (Lipinski definition) is 4. The van der Waals surface area contributed by atoms with Crippen molar-refractivity contribution in [2.75, 3.05) is 11.9 Å². The molecule has 0 bridgehead atoms. The maximum atomic E-state index is 13.6. The lowest BCUT2D eigenvalue weighted by atomic mass is 10.0. The number of anilines is 1. The fourth-order valence-electron chi connectivity index (χ4n) is 5.23. The Kier molecular flexibility index (Phi) is 6.85. The SMILES string of the molecule is CC(=O)N(C)c1c2cccnc2c(OC(c2ccccc2)c2ccccc2)c2c(O)n(Cc3ccc(F)cc3)cc12. The molecule has 0 aliphatic rings. The van der Waals surface area contributed by atoms with Crippen molar-refractivity contribution in [2.24, 2.45) is 0 Å². The van der Waals surface area contributed by atoms with Crippen LogP contribution in [-0.4, -0.2) is 27.6 Å². The molecular formula is C34H28FN3O3. The molecule has 4 aromatic carbocycles. The number of ether oxygens (including phenoxy) is 1. The van der Waals surface area contributed by atoms with E-state index in [1.54, 1.807) is 34.8 Å². The van der Waals surface area contributed by atoms with Gasteiger partial charge < -0.3 is 19.3 Å². The molecule has 0 radical (unpaired) electrons. The third-order valence-corrected chi connectivity index (χ3v) is 7.32. The van der Waals surface area contributed by atoms with Crippen LogP contribution < -0.4 is 9.64 Å². The predicted molar refractivity (Wildman–Crippen MR) is 159 cm³/mol. The van der Waals surface area contributed by atoms with Crippen molar-refractivity contribution in [1.29, 1.82) is 0 Å². The minimum absolute atomic E-state index is 0.0371. The van der Waals surface area contributed by atoms with Crippen molar-refractivity contribution >= 4 is 33.3 Å². The lowest BCUT2D eigenvalue weighted by Crippen LogP contribution is -2.23. The molecule has 0 fully saturated rings. The van der Waals surface area contributed by atoms with Gasteiger partial charge in [0.1, 0.15) is 17.4 Å². The lowest BCUT2D eigenvalue weighted by molar-refractivity contribution is -0.116. The summed E-state index contributed by atoms with van der Waals surface area (Å²) in [5, 5.41) is 13.5. The number of aromatic hydroxyl groups is 1. The lowest BCUT2D eigenvalue weighted by Gasteiger charge is -2.24. The Balaban J connectivity index is 1.63. The molecule has 6 rings (SSSR count). The number of nitrogens with zero attached hydrogens (tertiary/aromatic N) is 3. The second-order valence-electron chi connectivity index (χ2n) is 9.97. The first kappa shape index (κ1) is 26.1. The number of hydrogen-bond donors (Lipinski definition) is 1. The van der Waals surface area contributed by atoms with Crippen LogP contribution in [0.4, 0.5) is 10.1 Å². The van der Waals surface area contributed by atoms with E-state index in [0.29, 0.717) is 33.1 Å². The summed E-state index contributed by atoms with van der Waals surface area (Å²) in [5.41, 5.74) is 3.82. The van der Waals surface area contributed by atoms with Crippen molar-refractivity contribution in [1.82, 2.24) is 9.55 Å². The maximum Gasteiger partial charge on any atom is 0.223 e. The Morgan fingerprint density at radius 3 is 2.17 bits per heavy atom. The summed E-state index contributed by atoms with van der Waals surface area (Å²) in [6, 6.07) is 29.6. The van der Waals surface area contributed by atoms with E-state index >= 15 is 0 Å². The Morgan fingerprint density at radius 2 is 1.56 bits per heavy atom. The topological polar surface area (TPSA) is 67.6 Å². The second kappa shape index (κ2) is 10.8. The summed E-state index contributed by atoms with van der Waals surface area (Å²) < 4.78 is 22.1. The molecule has 6 aromatic rings. The molecule has 0 aliphatic carbocycles. The van der Waals surface area contributed by atoms with E-state index < -0.39 is 6.10 Å². The van der Waals surface area contributed by atoms with E-state index in [4.69, 9.17) is 9.72 Å². The Bertz CT molecular complexity index is 1810. The largest absolute Gasteiger partial charge is 0.494 e. The number of rotatable bonds is 7. The van der Waals surface area contributed by atoms with Gasteiger partial charge in [-0.15, -0.1) is 0 Å². The second-order valence-corrected chi connectivity index (χ2v) is 9.97. The zero-order valence-corrected chi connectivity index (χ0v) is 22.7. The van der Waals surface area contributed by atoms with Crippen molar-refractivity contribution in [3.05, 3.63) is 132 Å². The molecule has 2 heterocycles. The van der Waals surface area contributed by atoms with Gasteiger partial charge in [-0.25, -0.2) is 4.39 Å². The van der Waals surface area contributed by atoms with Crippen LogP contribution in [0.5, 0.6) is 11.6 Å². The summed E-state index contributed by atoms with van der Waals surface area (Å²) in [7, 11) is 1.70. The van der Waals surface area contributed by atoms with E-state index in [9.17, 15) is 14.3 Å². The summed E-state index contributed by atoms with van der Waals surface area (Å²) in [6.45, 7) is 1.78. The van der Waals surface area contributed by atoms with Gasteiger partial charge in [0, 0.05) is 37.1 Å². The number of pyridine rings is 1. The van der Waals surface area contributed by atoms with Gasteiger partial charge in [-0.1, -0.05) is 72.8 Å². The molecule has 0 saturated carbocycles. The van der Waals surface area contributed by atoms with Gasteiger partial charge in [-0.3, -0.25) is 9.78 Å². The molecule has 0 atom stereocenters. The van der Waals surface area contributed by atoms with Crippen LogP contribution >= 0.6 is 0 Å². The molecule has 204 valence electrons. The number of fused-ring (bicyclic) bond motifs is 2. The van der Waals surface area contributed by atoms with Crippen molar-refractivity contribution in [2.45, 2.75) is 19.6 Å². The highest BCUT2D eigenvalue weighted by Gasteiger charge is 2.28.